The molecule has 0 radical (unpaired) electrons. The molecule has 11 heteroatoms. The second-order valence-corrected chi connectivity index (χ2v) is 8.89. The monoisotopic (exact) mass is 518 g/mol. The summed E-state index contributed by atoms with van der Waals surface area (Å²) in [6, 6.07) is 15.6. The van der Waals surface area contributed by atoms with Gasteiger partial charge in [-0.2, -0.15) is 0 Å². The number of Topliss-reactive ketones (excluding diaryl/α,β-unsaturated/α-hetero) is 1. The van der Waals surface area contributed by atoms with E-state index in [1.165, 1.54) is 13.3 Å². The molecule has 1 fully saturated rings. The summed E-state index contributed by atoms with van der Waals surface area (Å²) in [5, 5.41) is 16.1. The largest absolute Gasteiger partial charge is 0.453 e. The highest BCUT2D eigenvalue weighted by Gasteiger charge is 2.38. The number of amides is 2. The standard InChI is InChI=1S/C27H30N6O5/c1-37-27(36)33-22(20(16-9-4-2-5-10-16)17-11-6-3-7-12-17)25(35)32-21(23(34)18-13-8-14-30-18)19-15-31-26(38-19)24(28)29/h2-7,9-12,15,18,20-22,30H,8,13-14H2,1H3,(H3,28,29)(H,32,35)(H,33,36)/t18-,21?,22+/m0/s1. The number of alkyl carbamates (subject to hydrolysis) is 1. The molecule has 1 aliphatic heterocycles. The quantitative estimate of drug-likeness (QED) is 0.200. The summed E-state index contributed by atoms with van der Waals surface area (Å²) in [5.41, 5.74) is 7.04. The van der Waals surface area contributed by atoms with Crippen LogP contribution in [0.3, 0.4) is 0 Å². The molecule has 3 aromatic rings. The SMILES string of the molecule is COC(=O)N[C@@H](C(=O)NC(C(=O)[C@@H]1CCCN1)c1cnc(C(=N)N)o1)C(c1ccccc1)c1ccccc1. The Kier molecular flexibility index (Phi) is 8.49. The Morgan fingerprint density at radius 1 is 1.08 bits per heavy atom. The number of nitrogens with one attached hydrogen (secondary N) is 4. The van der Waals surface area contributed by atoms with Crippen molar-refractivity contribution in [2.24, 2.45) is 5.73 Å². The maximum atomic E-state index is 13.9. The minimum Gasteiger partial charge on any atom is -0.453 e. The van der Waals surface area contributed by atoms with Crippen molar-refractivity contribution in [2.75, 3.05) is 13.7 Å². The van der Waals surface area contributed by atoms with Crippen molar-refractivity contribution in [3.8, 4) is 0 Å². The molecule has 0 aliphatic carbocycles. The Morgan fingerprint density at radius 3 is 2.21 bits per heavy atom. The third-order valence-electron chi connectivity index (χ3n) is 6.41. The van der Waals surface area contributed by atoms with Gasteiger partial charge in [-0.1, -0.05) is 60.7 Å². The number of oxazole rings is 1. The summed E-state index contributed by atoms with van der Waals surface area (Å²) in [4.78, 5) is 43.8. The predicted molar refractivity (Wildman–Crippen MR) is 138 cm³/mol. The van der Waals surface area contributed by atoms with Crippen LogP contribution in [0.1, 0.15) is 47.6 Å². The maximum Gasteiger partial charge on any atom is 0.407 e. The number of benzene rings is 2. The third kappa shape index (κ3) is 6.06. The first kappa shape index (κ1) is 26.6. The van der Waals surface area contributed by atoms with Gasteiger partial charge < -0.3 is 30.8 Å². The van der Waals surface area contributed by atoms with Crippen LogP contribution in [0.15, 0.2) is 71.3 Å². The number of nitrogens with zero attached hydrogens (tertiary/aromatic N) is 1. The summed E-state index contributed by atoms with van der Waals surface area (Å²) in [5.74, 6) is -2.11. The lowest BCUT2D eigenvalue weighted by molar-refractivity contribution is -0.130. The number of nitrogen functional groups attached to an aromatic ring is 1. The highest BCUT2D eigenvalue weighted by Crippen LogP contribution is 2.29. The summed E-state index contributed by atoms with van der Waals surface area (Å²) >= 11 is 0. The second-order valence-electron chi connectivity index (χ2n) is 8.89. The first-order chi connectivity index (χ1) is 18.4. The van der Waals surface area contributed by atoms with Crippen molar-refractivity contribution in [3.05, 3.63) is 89.6 Å². The highest BCUT2D eigenvalue weighted by molar-refractivity contribution is 5.96. The van der Waals surface area contributed by atoms with Crippen LogP contribution in [0.2, 0.25) is 0 Å². The van der Waals surface area contributed by atoms with Crippen molar-refractivity contribution in [3.63, 3.8) is 0 Å². The fraction of sp³-hybridized carbons (Fsp3) is 0.296. The number of methoxy groups -OCH3 is 1. The van der Waals surface area contributed by atoms with E-state index in [0.29, 0.717) is 13.0 Å². The van der Waals surface area contributed by atoms with Crippen LogP contribution >= 0.6 is 0 Å². The third-order valence-corrected chi connectivity index (χ3v) is 6.41. The molecule has 1 aromatic heterocycles. The van der Waals surface area contributed by atoms with Gasteiger partial charge in [0.1, 0.15) is 12.1 Å². The van der Waals surface area contributed by atoms with E-state index in [1.807, 2.05) is 60.7 Å². The van der Waals surface area contributed by atoms with Crippen molar-refractivity contribution in [1.29, 1.82) is 5.41 Å². The van der Waals surface area contributed by atoms with Gasteiger partial charge in [0.25, 0.3) is 5.89 Å². The molecule has 2 amide bonds. The number of carbonyl (C=O) groups excluding carboxylic acids is 3. The van der Waals surface area contributed by atoms with Crippen LogP contribution in [-0.4, -0.2) is 54.3 Å². The van der Waals surface area contributed by atoms with Crippen LogP contribution in [0, 0.1) is 5.41 Å². The Balaban J connectivity index is 1.73. The molecule has 2 aromatic carbocycles. The normalized spacial score (nSPS) is 16.4. The van der Waals surface area contributed by atoms with Crippen molar-refractivity contribution in [2.45, 2.75) is 36.9 Å². The molecular formula is C27H30N6O5. The fourth-order valence-electron chi connectivity index (χ4n) is 4.57. The number of carbonyl (C=O) groups is 3. The van der Waals surface area contributed by atoms with E-state index in [-0.39, 0.29) is 17.4 Å². The number of hydrogen-bond acceptors (Lipinski definition) is 8. The molecule has 1 saturated heterocycles. The minimum atomic E-state index is -1.23. The predicted octanol–water partition coefficient (Wildman–Crippen LogP) is 1.99. The smallest absolute Gasteiger partial charge is 0.407 e. The van der Waals surface area contributed by atoms with E-state index < -0.39 is 41.9 Å². The molecule has 11 nitrogen and oxygen atoms in total. The molecular weight excluding hydrogens is 488 g/mol. The summed E-state index contributed by atoms with van der Waals surface area (Å²) in [6.45, 7) is 0.669. The van der Waals surface area contributed by atoms with Gasteiger partial charge in [0, 0.05) is 5.92 Å². The van der Waals surface area contributed by atoms with Crippen molar-refractivity contribution in [1.82, 2.24) is 20.9 Å². The van der Waals surface area contributed by atoms with Crippen LogP contribution in [0.4, 0.5) is 4.79 Å². The maximum absolute atomic E-state index is 13.9. The van der Waals surface area contributed by atoms with Gasteiger partial charge >= 0.3 is 6.09 Å². The highest BCUT2D eigenvalue weighted by atomic mass is 16.5. The second kappa shape index (κ2) is 12.2. The van der Waals surface area contributed by atoms with E-state index in [1.54, 1.807) is 0 Å². The fourth-order valence-corrected chi connectivity index (χ4v) is 4.57. The number of aromatic nitrogens is 1. The van der Waals surface area contributed by atoms with E-state index in [0.717, 1.165) is 17.5 Å². The van der Waals surface area contributed by atoms with E-state index in [9.17, 15) is 14.4 Å². The molecule has 1 unspecified atom stereocenters. The average Bonchev–Trinajstić information content (AvgIpc) is 3.65. The molecule has 0 saturated carbocycles. The summed E-state index contributed by atoms with van der Waals surface area (Å²) < 4.78 is 10.4. The molecule has 3 atom stereocenters. The molecule has 0 bridgehead atoms. The number of hydrogen-bond donors (Lipinski definition) is 5. The zero-order valence-corrected chi connectivity index (χ0v) is 20.8. The van der Waals surface area contributed by atoms with Gasteiger partial charge in [0.15, 0.2) is 17.4 Å². The Morgan fingerprint density at radius 2 is 1.71 bits per heavy atom. The zero-order chi connectivity index (χ0) is 27.1. The van der Waals surface area contributed by atoms with Gasteiger partial charge in [-0.15, -0.1) is 0 Å². The van der Waals surface area contributed by atoms with Crippen molar-refractivity contribution < 1.29 is 23.5 Å². The number of ether oxygens (including phenoxy) is 1. The molecule has 1 aliphatic rings. The van der Waals surface area contributed by atoms with Gasteiger partial charge in [0.2, 0.25) is 5.91 Å². The Hall–Kier alpha value is -4.51. The van der Waals surface area contributed by atoms with Gasteiger partial charge in [-0.3, -0.25) is 15.0 Å². The Bertz CT molecular complexity index is 1230. The van der Waals surface area contributed by atoms with E-state index in [2.05, 4.69) is 20.9 Å². The van der Waals surface area contributed by atoms with Crippen LogP contribution in [0.25, 0.3) is 0 Å². The lowest BCUT2D eigenvalue weighted by Crippen LogP contribution is -2.53. The number of nitrogens with two attached hydrogens (primary N) is 1. The van der Waals surface area contributed by atoms with Gasteiger partial charge in [-0.05, 0) is 30.5 Å². The number of rotatable bonds is 10. The molecule has 38 heavy (non-hydrogen) atoms. The van der Waals surface area contributed by atoms with E-state index in [4.69, 9.17) is 20.3 Å². The summed E-state index contributed by atoms with van der Waals surface area (Å²) in [7, 11) is 1.21. The molecule has 198 valence electrons. The lowest BCUT2D eigenvalue weighted by Gasteiger charge is -2.29. The van der Waals surface area contributed by atoms with E-state index >= 15 is 0 Å². The molecule has 2 heterocycles. The van der Waals surface area contributed by atoms with Gasteiger partial charge in [-0.25, -0.2) is 9.78 Å². The van der Waals surface area contributed by atoms with Crippen LogP contribution in [0.5, 0.6) is 0 Å². The molecule has 0 spiro atoms. The summed E-state index contributed by atoms with van der Waals surface area (Å²) in [6.07, 6.45) is 1.87. The van der Waals surface area contributed by atoms with Crippen LogP contribution in [-0.2, 0) is 14.3 Å². The zero-order valence-electron chi connectivity index (χ0n) is 20.8. The van der Waals surface area contributed by atoms with Crippen molar-refractivity contribution >= 4 is 23.6 Å². The molecule has 4 rings (SSSR count). The first-order valence-corrected chi connectivity index (χ1v) is 12.2. The lowest BCUT2D eigenvalue weighted by atomic mass is 9.84. The first-order valence-electron chi connectivity index (χ1n) is 12.2. The number of amidine groups is 1. The van der Waals surface area contributed by atoms with Crippen LogP contribution < -0.4 is 21.7 Å². The average molecular weight is 519 g/mol. The topological polar surface area (TPSA) is 172 Å². The number of ketones is 1. The van der Waals surface area contributed by atoms with Gasteiger partial charge in [0.05, 0.1) is 19.3 Å². The molecule has 6 N–H and O–H groups in total. The minimum absolute atomic E-state index is 0.0371. The Labute approximate surface area is 219 Å².